The molecule has 86 valence electrons. The minimum Gasteiger partial charge on any atom is -0.481 e. The van der Waals surface area contributed by atoms with E-state index in [4.69, 9.17) is 5.11 Å². The quantitative estimate of drug-likeness (QED) is 0.614. The summed E-state index contributed by atoms with van der Waals surface area (Å²) in [4.78, 5) is 22.1. The van der Waals surface area contributed by atoms with Gasteiger partial charge in [-0.15, -0.1) is 0 Å². The van der Waals surface area contributed by atoms with Crippen LogP contribution in [0.2, 0.25) is 0 Å². The van der Waals surface area contributed by atoms with Crippen LogP contribution in [0.5, 0.6) is 0 Å². The Morgan fingerprint density at radius 1 is 1.60 bits per heavy atom. The van der Waals surface area contributed by atoms with Gasteiger partial charge in [-0.05, 0) is 26.8 Å². The topological polar surface area (TPSA) is 78.4 Å². The van der Waals surface area contributed by atoms with E-state index in [0.717, 1.165) is 13.0 Å². The molecule has 0 aromatic carbocycles. The van der Waals surface area contributed by atoms with Gasteiger partial charge in [0, 0.05) is 12.1 Å². The molecule has 1 aliphatic heterocycles. The number of amides is 1. The van der Waals surface area contributed by atoms with Crippen LogP contribution in [0, 0.1) is 5.92 Å². The average Bonchev–Trinajstić information content (AvgIpc) is 2.49. The molecule has 0 saturated carbocycles. The van der Waals surface area contributed by atoms with Gasteiger partial charge in [0.1, 0.15) is 0 Å². The normalized spacial score (nSPS) is 27.3. The summed E-state index contributed by atoms with van der Waals surface area (Å²) in [7, 11) is 0. The number of carbonyl (C=O) groups is 2. The lowest BCUT2D eigenvalue weighted by molar-refractivity contribution is -0.137. The molecule has 3 atom stereocenters. The number of hydrogen-bond donors (Lipinski definition) is 3. The zero-order valence-electron chi connectivity index (χ0n) is 9.12. The summed E-state index contributed by atoms with van der Waals surface area (Å²) in [6, 6.07) is -0.121. The smallest absolute Gasteiger partial charge is 0.305 e. The van der Waals surface area contributed by atoms with Gasteiger partial charge in [0.15, 0.2) is 0 Å². The summed E-state index contributed by atoms with van der Waals surface area (Å²) in [5.74, 6) is -0.956. The first-order valence-electron chi connectivity index (χ1n) is 5.26. The molecule has 0 aromatic rings. The van der Waals surface area contributed by atoms with E-state index in [2.05, 4.69) is 10.6 Å². The molecule has 1 amide bonds. The Balaban J connectivity index is 2.37. The monoisotopic (exact) mass is 214 g/mol. The van der Waals surface area contributed by atoms with Gasteiger partial charge in [-0.1, -0.05) is 0 Å². The maximum absolute atomic E-state index is 11.7. The van der Waals surface area contributed by atoms with Gasteiger partial charge in [-0.2, -0.15) is 0 Å². The number of aliphatic carboxylic acids is 1. The van der Waals surface area contributed by atoms with E-state index in [9.17, 15) is 9.59 Å². The first kappa shape index (κ1) is 12.0. The van der Waals surface area contributed by atoms with Crippen molar-refractivity contribution in [1.29, 1.82) is 0 Å². The lowest BCUT2D eigenvalue weighted by atomic mass is 10.0. The first-order chi connectivity index (χ1) is 7.00. The van der Waals surface area contributed by atoms with Crippen molar-refractivity contribution in [3.05, 3.63) is 0 Å². The molecule has 0 spiro atoms. The molecule has 1 rings (SSSR count). The molecule has 15 heavy (non-hydrogen) atoms. The molecule has 0 bridgehead atoms. The fraction of sp³-hybridized carbons (Fsp3) is 0.800. The predicted molar refractivity (Wildman–Crippen MR) is 55.4 cm³/mol. The molecular weight excluding hydrogens is 196 g/mol. The van der Waals surface area contributed by atoms with E-state index in [1.54, 1.807) is 6.92 Å². The molecule has 1 saturated heterocycles. The second-order valence-electron chi connectivity index (χ2n) is 4.15. The van der Waals surface area contributed by atoms with Crippen molar-refractivity contribution in [2.75, 3.05) is 6.54 Å². The highest BCUT2D eigenvalue weighted by atomic mass is 16.4. The second kappa shape index (κ2) is 5.11. The highest BCUT2D eigenvalue weighted by Crippen LogP contribution is 2.15. The third kappa shape index (κ3) is 3.51. The average molecular weight is 214 g/mol. The predicted octanol–water partition coefficient (Wildman–Crippen LogP) is -0.0362. The number of rotatable bonds is 4. The molecule has 0 aromatic heterocycles. The first-order valence-corrected chi connectivity index (χ1v) is 5.26. The van der Waals surface area contributed by atoms with E-state index >= 15 is 0 Å². The number of nitrogens with one attached hydrogen (secondary N) is 2. The van der Waals surface area contributed by atoms with Crippen molar-refractivity contribution in [2.45, 2.75) is 38.8 Å². The van der Waals surface area contributed by atoms with Crippen molar-refractivity contribution < 1.29 is 14.7 Å². The zero-order valence-corrected chi connectivity index (χ0v) is 9.12. The molecule has 5 nitrogen and oxygen atoms in total. The van der Waals surface area contributed by atoms with E-state index in [1.165, 1.54) is 0 Å². The van der Waals surface area contributed by atoms with Crippen LogP contribution >= 0.6 is 0 Å². The minimum atomic E-state index is -0.889. The van der Waals surface area contributed by atoms with Crippen LogP contribution < -0.4 is 10.6 Å². The standard InChI is InChI=1S/C10H18N2O3/c1-6(5-9(13)14)12-10(15)8-3-4-11-7(8)2/h6-8,11H,3-5H2,1-2H3,(H,12,15)(H,13,14). The van der Waals surface area contributed by atoms with Crippen molar-refractivity contribution in [1.82, 2.24) is 10.6 Å². The molecule has 1 fully saturated rings. The number of carboxylic acids is 1. The van der Waals surface area contributed by atoms with E-state index in [1.807, 2.05) is 6.92 Å². The van der Waals surface area contributed by atoms with Crippen LogP contribution in [-0.2, 0) is 9.59 Å². The Labute approximate surface area is 89.2 Å². The van der Waals surface area contributed by atoms with Crippen molar-refractivity contribution in [2.24, 2.45) is 5.92 Å². The summed E-state index contributed by atoms with van der Waals surface area (Å²) in [6.45, 7) is 4.53. The van der Waals surface area contributed by atoms with E-state index in [0.29, 0.717) is 0 Å². The van der Waals surface area contributed by atoms with Gasteiger partial charge in [0.05, 0.1) is 12.3 Å². The molecule has 1 aliphatic rings. The van der Waals surface area contributed by atoms with Crippen LogP contribution in [0.25, 0.3) is 0 Å². The maximum atomic E-state index is 11.7. The fourth-order valence-electron chi connectivity index (χ4n) is 1.88. The van der Waals surface area contributed by atoms with Gasteiger partial charge in [-0.3, -0.25) is 9.59 Å². The minimum absolute atomic E-state index is 0.0266. The number of carboxylic acid groups (broad SMARTS) is 1. The Kier molecular flexibility index (Phi) is 4.08. The summed E-state index contributed by atoms with van der Waals surface area (Å²) >= 11 is 0. The van der Waals surface area contributed by atoms with Crippen molar-refractivity contribution in [3.8, 4) is 0 Å². The van der Waals surface area contributed by atoms with Gasteiger partial charge < -0.3 is 15.7 Å². The summed E-state index contributed by atoms with van der Waals surface area (Å²) < 4.78 is 0. The molecule has 0 radical (unpaired) electrons. The van der Waals surface area contributed by atoms with Crippen molar-refractivity contribution in [3.63, 3.8) is 0 Å². The Morgan fingerprint density at radius 3 is 2.73 bits per heavy atom. The van der Waals surface area contributed by atoms with E-state index < -0.39 is 5.97 Å². The summed E-state index contributed by atoms with van der Waals surface area (Å²) in [5.41, 5.74) is 0. The number of carbonyl (C=O) groups excluding carboxylic acids is 1. The SMILES string of the molecule is CC(CC(=O)O)NC(=O)C1CCNC1C. The molecule has 5 heteroatoms. The third-order valence-corrected chi connectivity index (χ3v) is 2.73. The van der Waals surface area contributed by atoms with Gasteiger partial charge >= 0.3 is 5.97 Å². The highest BCUT2D eigenvalue weighted by molar-refractivity contribution is 5.80. The Morgan fingerprint density at radius 2 is 2.27 bits per heavy atom. The Hall–Kier alpha value is -1.10. The van der Waals surface area contributed by atoms with Crippen LogP contribution in [-0.4, -0.2) is 35.6 Å². The third-order valence-electron chi connectivity index (χ3n) is 2.73. The van der Waals surface area contributed by atoms with Gasteiger partial charge in [0.25, 0.3) is 0 Å². The summed E-state index contributed by atoms with van der Waals surface area (Å²) in [6.07, 6.45) is 0.799. The zero-order chi connectivity index (χ0) is 11.4. The molecule has 3 unspecified atom stereocenters. The van der Waals surface area contributed by atoms with Crippen LogP contribution in [0.15, 0.2) is 0 Å². The summed E-state index contributed by atoms with van der Waals surface area (Å²) in [5, 5.41) is 14.5. The molecular formula is C10H18N2O3. The van der Waals surface area contributed by atoms with Crippen LogP contribution in [0.1, 0.15) is 26.7 Å². The molecule has 1 heterocycles. The maximum Gasteiger partial charge on any atom is 0.305 e. The van der Waals surface area contributed by atoms with Crippen molar-refractivity contribution >= 4 is 11.9 Å². The largest absolute Gasteiger partial charge is 0.481 e. The van der Waals surface area contributed by atoms with Gasteiger partial charge in [-0.25, -0.2) is 0 Å². The fourth-order valence-corrected chi connectivity index (χ4v) is 1.88. The van der Waals surface area contributed by atoms with Crippen LogP contribution in [0.4, 0.5) is 0 Å². The van der Waals surface area contributed by atoms with Gasteiger partial charge in [0.2, 0.25) is 5.91 Å². The van der Waals surface area contributed by atoms with E-state index in [-0.39, 0.29) is 30.3 Å². The van der Waals surface area contributed by atoms with Crippen LogP contribution in [0.3, 0.4) is 0 Å². The Bertz CT molecular complexity index is 255. The lowest BCUT2D eigenvalue weighted by Crippen LogP contribution is -2.41. The molecule has 0 aliphatic carbocycles. The molecule has 3 N–H and O–H groups in total. The number of hydrogen-bond acceptors (Lipinski definition) is 3. The lowest BCUT2D eigenvalue weighted by Gasteiger charge is -2.18. The second-order valence-corrected chi connectivity index (χ2v) is 4.15. The highest BCUT2D eigenvalue weighted by Gasteiger charge is 2.30.